The molecule has 10 heteroatoms. The number of amides is 2. The maximum atomic E-state index is 13.3. The van der Waals surface area contributed by atoms with E-state index in [1.807, 2.05) is 30.3 Å². The largest absolute Gasteiger partial charge is 0.326 e. The number of rotatable bonds is 9. The fourth-order valence-electron chi connectivity index (χ4n) is 3.00. The number of anilines is 1. The van der Waals surface area contributed by atoms with Crippen molar-refractivity contribution < 1.29 is 18.0 Å². The van der Waals surface area contributed by atoms with Crippen molar-refractivity contribution in [3.05, 3.63) is 94.5 Å². The number of hydrogen-bond donors (Lipinski definition) is 2. The van der Waals surface area contributed by atoms with Crippen LogP contribution in [0.2, 0.25) is 0 Å². The minimum atomic E-state index is -4.02. The second kappa shape index (κ2) is 11.7. The highest BCUT2D eigenvalue weighted by Gasteiger charge is 2.27. The Morgan fingerprint density at radius 1 is 0.971 bits per heavy atom. The lowest BCUT2D eigenvalue weighted by atomic mass is 10.2. The zero-order valence-electron chi connectivity index (χ0n) is 18.3. The number of benzene rings is 3. The maximum absolute atomic E-state index is 13.3. The molecule has 2 N–H and O–H groups in total. The number of hydrogen-bond acceptors (Lipinski definition) is 5. The average molecular weight is 543 g/mol. The molecule has 8 nitrogen and oxygen atoms in total. The van der Waals surface area contributed by atoms with Crippen molar-refractivity contribution in [1.29, 1.82) is 0 Å². The van der Waals surface area contributed by atoms with Gasteiger partial charge < -0.3 is 5.32 Å². The zero-order valence-corrected chi connectivity index (χ0v) is 20.7. The first kappa shape index (κ1) is 25.3. The molecule has 2 amide bonds. The summed E-state index contributed by atoms with van der Waals surface area (Å²) >= 11 is 3.35. The van der Waals surface area contributed by atoms with Crippen molar-refractivity contribution in [2.75, 3.05) is 11.9 Å². The summed E-state index contributed by atoms with van der Waals surface area (Å²) in [6.45, 7) is 0.937. The Hall–Kier alpha value is -3.34. The van der Waals surface area contributed by atoms with E-state index in [1.54, 1.807) is 24.3 Å². The minimum absolute atomic E-state index is 0.000463. The van der Waals surface area contributed by atoms with Crippen LogP contribution in [-0.2, 0) is 26.2 Å². The van der Waals surface area contributed by atoms with Gasteiger partial charge in [0.05, 0.1) is 17.7 Å². The minimum Gasteiger partial charge on any atom is -0.326 e. The molecule has 3 aromatic rings. The Morgan fingerprint density at radius 2 is 1.62 bits per heavy atom. The summed E-state index contributed by atoms with van der Waals surface area (Å²) < 4.78 is 28.7. The van der Waals surface area contributed by atoms with Crippen LogP contribution >= 0.6 is 15.9 Å². The van der Waals surface area contributed by atoms with Gasteiger partial charge in [-0.1, -0.05) is 58.4 Å². The standard InChI is InChI=1S/C24H23BrN4O4S/c1-18(30)27-22-11-13-23(14-12-22)34(32,33)29(16-20-5-3-2-4-6-20)17-24(31)28-26-15-19-7-9-21(25)10-8-19/h2-15H,16-17H2,1H3,(H,27,30)(H,28,31)/b26-15-. The van der Waals surface area contributed by atoms with Gasteiger partial charge in [0.15, 0.2) is 0 Å². The molecule has 0 bridgehead atoms. The molecule has 0 saturated carbocycles. The first-order valence-electron chi connectivity index (χ1n) is 10.2. The Bertz CT molecular complexity index is 1260. The smallest absolute Gasteiger partial charge is 0.255 e. The van der Waals surface area contributed by atoms with E-state index in [0.29, 0.717) is 5.69 Å². The van der Waals surface area contributed by atoms with Crippen LogP contribution in [-0.4, -0.2) is 37.3 Å². The van der Waals surface area contributed by atoms with E-state index >= 15 is 0 Å². The van der Waals surface area contributed by atoms with Crippen molar-refractivity contribution in [3.8, 4) is 0 Å². The van der Waals surface area contributed by atoms with Crippen molar-refractivity contribution in [3.63, 3.8) is 0 Å². The van der Waals surface area contributed by atoms with Crippen molar-refractivity contribution in [2.24, 2.45) is 5.10 Å². The summed E-state index contributed by atoms with van der Waals surface area (Å²) in [6, 6.07) is 22.1. The molecule has 0 spiro atoms. The molecule has 3 rings (SSSR count). The molecule has 0 aliphatic rings. The first-order chi connectivity index (χ1) is 16.2. The molecular weight excluding hydrogens is 520 g/mol. The number of halogens is 1. The molecule has 0 heterocycles. The first-order valence-corrected chi connectivity index (χ1v) is 12.5. The molecule has 0 radical (unpaired) electrons. The van der Waals surface area contributed by atoms with Gasteiger partial charge in [-0.25, -0.2) is 13.8 Å². The van der Waals surface area contributed by atoms with Gasteiger partial charge in [-0.15, -0.1) is 0 Å². The normalized spacial score (nSPS) is 11.5. The van der Waals surface area contributed by atoms with E-state index in [9.17, 15) is 18.0 Å². The third kappa shape index (κ3) is 7.34. The van der Waals surface area contributed by atoms with Crippen LogP contribution in [0.3, 0.4) is 0 Å². The van der Waals surface area contributed by atoms with E-state index in [2.05, 4.69) is 31.8 Å². The molecule has 0 atom stereocenters. The molecule has 176 valence electrons. The number of nitrogens with zero attached hydrogens (tertiary/aromatic N) is 2. The molecule has 0 aromatic heterocycles. The van der Waals surface area contributed by atoms with E-state index in [4.69, 9.17) is 0 Å². The topological polar surface area (TPSA) is 108 Å². The molecule has 0 aliphatic carbocycles. The number of sulfonamides is 1. The van der Waals surface area contributed by atoms with Gasteiger partial charge in [0.2, 0.25) is 15.9 Å². The highest BCUT2D eigenvalue weighted by Crippen LogP contribution is 2.20. The Morgan fingerprint density at radius 3 is 2.24 bits per heavy atom. The Balaban J connectivity index is 1.77. The van der Waals surface area contributed by atoms with Gasteiger partial charge in [0.1, 0.15) is 0 Å². The molecule has 0 fully saturated rings. The van der Waals surface area contributed by atoms with Crippen LogP contribution in [0.15, 0.2) is 93.3 Å². The van der Waals surface area contributed by atoms with Gasteiger partial charge in [-0.2, -0.15) is 9.41 Å². The third-order valence-electron chi connectivity index (χ3n) is 4.61. The van der Waals surface area contributed by atoms with E-state index in [0.717, 1.165) is 19.9 Å². The second-order valence-corrected chi connectivity index (χ2v) is 10.2. The van der Waals surface area contributed by atoms with Crippen molar-refractivity contribution >= 4 is 49.7 Å². The summed E-state index contributed by atoms with van der Waals surface area (Å²) in [6.07, 6.45) is 1.47. The monoisotopic (exact) mass is 542 g/mol. The summed E-state index contributed by atoms with van der Waals surface area (Å²) in [4.78, 5) is 23.8. The quantitative estimate of drug-likeness (QED) is 0.317. The predicted octanol–water partition coefficient (Wildman–Crippen LogP) is 3.75. The van der Waals surface area contributed by atoms with Crippen molar-refractivity contribution in [2.45, 2.75) is 18.4 Å². The highest BCUT2D eigenvalue weighted by molar-refractivity contribution is 9.10. The Labute approximate surface area is 206 Å². The van der Waals surface area contributed by atoms with Crippen LogP contribution in [0.1, 0.15) is 18.1 Å². The lowest BCUT2D eigenvalue weighted by Crippen LogP contribution is -2.39. The molecule has 34 heavy (non-hydrogen) atoms. The maximum Gasteiger partial charge on any atom is 0.255 e. The lowest BCUT2D eigenvalue weighted by molar-refractivity contribution is -0.121. The van der Waals surface area contributed by atoms with Crippen molar-refractivity contribution in [1.82, 2.24) is 9.73 Å². The fourth-order valence-corrected chi connectivity index (χ4v) is 4.65. The summed E-state index contributed by atoms with van der Waals surface area (Å²) in [7, 11) is -4.02. The van der Waals surface area contributed by atoms with Crippen LogP contribution in [0.4, 0.5) is 5.69 Å². The van der Waals surface area contributed by atoms with Crippen LogP contribution in [0.25, 0.3) is 0 Å². The zero-order chi connectivity index (χ0) is 24.6. The lowest BCUT2D eigenvalue weighted by Gasteiger charge is -2.21. The van der Waals surface area contributed by atoms with Crippen LogP contribution in [0, 0.1) is 0 Å². The Kier molecular flexibility index (Phi) is 8.69. The second-order valence-electron chi connectivity index (χ2n) is 7.31. The highest BCUT2D eigenvalue weighted by atomic mass is 79.9. The SMILES string of the molecule is CC(=O)Nc1ccc(S(=O)(=O)N(CC(=O)N/N=C\c2ccc(Br)cc2)Cc2ccccc2)cc1. The fraction of sp³-hybridized carbons (Fsp3) is 0.125. The van der Waals surface area contributed by atoms with Gasteiger partial charge >= 0.3 is 0 Å². The van der Waals surface area contributed by atoms with Crippen LogP contribution in [0.5, 0.6) is 0 Å². The van der Waals surface area contributed by atoms with E-state index in [1.165, 1.54) is 37.4 Å². The summed E-state index contributed by atoms with van der Waals surface area (Å²) in [5.74, 6) is -0.843. The van der Waals surface area contributed by atoms with E-state index < -0.39 is 22.5 Å². The molecule has 0 saturated heterocycles. The average Bonchev–Trinajstić information content (AvgIpc) is 2.80. The van der Waals surface area contributed by atoms with Crippen LogP contribution < -0.4 is 10.7 Å². The van der Waals surface area contributed by atoms with Gasteiger partial charge in [0, 0.05) is 23.6 Å². The number of carbonyl (C=O) groups is 2. The summed E-state index contributed by atoms with van der Waals surface area (Å²) in [5.41, 5.74) is 4.36. The predicted molar refractivity (Wildman–Crippen MR) is 135 cm³/mol. The number of hydrazone groups is 1. The summed E-state index contributed by atoms with van der Waals surface area (Å²) in [5, 5.41) is 6.52. The van der Waals surface area contributed by atoms with E-state index in [-0.39, 0.29) is 17.3 Å². The van der Waals surface area contributed by atoms with Gasteiger partial charge in [0.25, 0.3) is 5.91 Å². The molecule has 0 unspecified atom stereocenters. The number of nitrogens with one attached hydrogen (secondary N) is 2. The molecular formula is C24H23BrN4O4S. The third-order valence-corrected chi connectivity index (χ3v) is 6.94. The number of carbonyl (C=O) groups excluding carboxylic acids is 2. The molecule has 3 aromatic carbocycles. The molecule has 0 aliphatic heterocycles. The van der Waals surface area contributed by atoms with Gasteiger partial charge in [-0.3, -0.25) is 9.59 Å². The van der Waals surface area contributed by atoms with Gasteiger partial charge in [-0.05, 0) is 47.5 Å².